The van der Waals surface area contributed by atoms with Crippen LogP contribution in [-0.4, -0.2) is 52.0 Å². The first kappa shape index (κ1) is 24.1. The topological polar surface area (TPSA) is 99.0 Å². The quantitative estimate of drug-likeness (QED) is 0.629. The Hall–Kier alpha value is -1.13. The molecule has 1 atom stereocenters. The van der Waals surface area contributed by atoms with E-state index in [0.717, 1.165) is 61.9 Å². The highest BCUT2D eigenvalue weighted by atomic mass is 35.5. The van der Waals surface area contributed by atoms with E-state index in [-0.39, 0.29) is 12.4 Å². The number of fused-ring (bicyclic) bond motifs is 1. The number of nitrogens with one attached hydrogen (secondary N) is 1. The molecule has 1 aliphatic rings. The van der Waals surface area contributed by atoms with Gasteiger partial charge in [-0.15, -0.1) is 12.4 Å². The summed E-state index contributed by atoms with van der Waals surface area (Å²) in [6.07, 6.45) is 7.86. The first-order chi connectivity index (χ1) is 13.3. The lowest BCUT2D eigenvalue weighted by atomic mass is 9.79. The zero-order valence-corrected chi connectivity index (χ0v) is 19.3. The molecule has 0 aliphatic heterocycles. The van der Waals surface area contributed by atoms with Crippen molar-refractivity contribution in [2.75, 3.05) is 6.54 Å². The highest BCUT2D eigenvalue weighted by Gasteiger charge is 2.37. The average Bonchev–Trinajstić information content (AvgIpc) is 3.04. The minimum atomic E-state index is -2.35. The van der Waals surface area contributed by atoms with Crippen molar-refractivity contribution in [2.24, 2.45) is 0 Å². The van der Waals surface area contributed by atoms with Crippen molar-refractivity contribution in [3.8, 4) is 0 Å². The molecular formula is C19H32ClN6O2S-. The maximum atomic E-state index is 11.5. The first-order valence-electron chi connectivity index (χ1n) is 10.1. The zero-order valence-electron chi connectivity index (χ0n) is 17.6. The van der Waals surface area contributed by atoms with Crippen LogP contribution in [-0.2, 0) is 23.4 Å². The summed E-state index contributed by atoms with van der Waals surface area (Å²) in [5, 5.41) is 5.39. The van der Waals surface area contributed by atoms with Crippen molar-refractivity contribution in [2.45, 2.75) is 84.0 Å². The highest BCUT2D eigenvalue weighted by Crippen LogP contribution is 2.38. The normalized spacial score (nSPS) is 17.8. The van der Waals surface area contributed by atoms with Gasteiger partial charge in [-0.2, -0.15) is 5.10 Å². The van der Waals surface area contributed by atoms with Crippen LogP contribution >= 0.6 is 12.4 Å². The second-order valence-electron chi connectivity index (χ2n) is 8.23. The molecule has 0 spiro atoms. The van der Waals surface area contributed by atoms with E-state index in [1.807, 2.05) is 4.68 Å². The molecule has 1 saturated carbocycles. The van der Waals surface area contributed by atoms with Crippen LogP contribution < -0.4 is 4.72 Å². The highest BCUT2D eigenvalue weighted by molar-refractivity contribution is 7.77. The summed E-state index contributed by atoms with van der Waals surface area (Å²) in [7, 11) is 0. The summed E-state index contributed by atoms with van der Waals surface area (Å²) in [6.45, 7) is 10.4. The van der Waals surface area contributed by atoms with Crippen LogP contribution in [0.5, 0.6) is 0 Å². The van der Waals surface area contributed by atoms with E-state index in [1.165, 1.54) is 6.33 Å². The largest absolute Gasteiger partial charge is 0.760 e. The molecule has 10 heteroatoms. The summed E-state index contributed by atoms with van der Waals surface area (Å²) in [6, 6.07) is 0.905. The number of rotatable bonds is 8. The van der Waals surface area contributed by atoms with Gasteiger partial charge in [0.1, 0.15) is 6.33 Å². The summed E-state index contributed by atoms with van der Waals surface area (Å²) in [5.74, 6) is 0. The van der Waals surface area contributed by atoms with E-state index in [4.69, 9.17) is 0 Å². The number of aromatic nitrogens is 4. The maximum absolute atomic E-state index is 11.5. The van der Waals surface area contributed by atoms with Crippen molar-refractivity contribution in [3.63, 3.8) is 0 Å². The van der Waals surface area contributed by atoms with Crippen LogP contribution in [0.3, 0.4) is 0 Å². The van der Waals surface area contributed by atoms with Gasteiger partial charge in [-0.05, 0) is 40.5 Å². The molecule has 0 radical (unpaired) electrons. The minimum Gasteiger partial charge on any atom is -0.760 e. The lowest BCUT2D eigenvalue weighted by Crippen LogP contribution is -2.45. The number of hydrogen-bond acceptors (Lipinski definition) is 6. The molecule has 1 fully saturated rings. The monoisotopic (exact) mass is 443 g/mol. The Morgan fingerprint density at radius 1 is 1.21 bits per heavy atom. The number of halogens is 1. The number of hydrogen-bond donors (Lipinski definition) is 1. The van der Waals surface area contributed by atoms with Crippen LogP contribution in [0.25, 0.3) is 11.0 Å². The molecule has 0 aromatic carbocycles. The van der Waals surface area contributed by atoms with Crippen molar-refractivity contribution in [3.05, 3.63) is 18.2 Å². The van der Waals surface area contributed by atoms with E-state index in [2.05, 4.69) is 52.4 Å². The molecule has 29 heavy (non-hydrogen) atoms. The molecule has 0 saturated heterocycles. The molecule has 1 aliphatic carbocycles. The molecule has 2 heterocycles. The molecule has 1 N–H and O–H groups in total. The molecule has 0 amide bonds. The van der Waals surface area contributed by atoms with Crippen LogP contribution in [0.1, 0.15) is 65.5 Å². The smallest absolute Gasteiger partial charge is 0.161 e. The Labute approximate surface area is 181 Å². The van der Waals surface area contributed by atoms with Crippen LogP contribution in [0.15, 0.2) is 12.5 Å². The van der Waals surface area contributed by atoms with E-state index in [9.17, 15) is 8.76 Å². The van der Waals surface area contributed by atoms with Crippen molar-refractivity contribution < 1.29 is 8.76 Å². The second kappa shape index (κ2) is 10.3. The fourth-order valence-electron chi connectivity index (χ4n) is 4.46. The summed E-state index contributed by atoms with van der Waals surface area (Å²) in [4.78, 5) is 11.4. The fraction of sp³-hybridized carbons (Fsp3) is 0.737. The average molecular weight is 444 g/mol. The predicted molar refractivity (Wildman–Crippen MR) is 116 cm³/mol. The summed E-state index contributed by atoms with van der Waals surface area (Å²) in [5.41, 5.74) is 0.847. The van der Waals surface area contributed by atoms with Crippen LogP contribution in [0, 0.1) is 0 Å². The first-order valence-corrected chi connectivity index (χ1v) is 11.2. The lowest BCUT2D eigenvalue weighted by molar-refractivity contribution is 0.167. The standard InChI is InChI=1S/C19H32N6O2S.ClH/c1-14(2)24(15(3)4)10-11-25-18-16(12-22-25)17(20-13-21-18)19(23-28(26)27)8-6-5-7-9-19;/h12-15,23H,5-11H2,1-4H3,(H,26,27);1H/p-1. The predicted octanol–water partition coefficient (Wildman–Crippen LogP) is 2.91. The Morgan fingerprint density at radius 2 is 1.86 bits per heavy atom. The molecule has 164 valence electrons. The molecule has 8 nitrogen and oxygen atoms in total. The van der Waals surface area contributed by atoms with E-state index in [0.29, 0.717) is 12.1 Å². The van der Waals surface area contributed by atoms with Gasteiger partial charge in [-0.25, -0.2) is 19.4 Å². The Kier molecular flexibility index (Phi) is 8.54. The van der Waals surface area contributed by atoms with E-state index < -0.39 is 16.8 Å². The third-order valence-electron chi connectivity index (χ3n) is 5.77. The SMILES string of the molecule is CC(C)N(CCn1ncc2c(C3(NS(=O)[O-])CCCCC3)ncnc21)C(C)C.Cl. The van der Waals surface area contributed by atoms with E-state index >= 15 is 0 Å². The second-order valence-corrected chi connectivity index (χ2v) is 8.91. The van der Waals surface area contributed by atoms with Gasteiger partial charge in [-0.3, -0.25) is 9.11 Å². The van der Waals surface area contributed by atoms with Crippen molar-refractivity contribution in [1.29, 1.82) is 0 Å². The fourth-order valence-corrected chi connectivity index (χ4v) is 5.08. The van der Waals surface area contributed by atoms with Gasteiger partial charge in [0.15, 0.2) is 5.65 Å². The van der Waals surface area contributed by atoms with Gasteiger partial charge >= 0.3 is 0 Å². The minimum absolute atomic E-state index is 0. The van der Waals surface area contributed by atoms with Crippen molar-refractivity contribution in [1.82, 2.24) is 29.4 Å². The van der Waals surface area contributed by atoms with E-state index in [1.54, 1.807) is 6.20 Å². The Balaban J connectivity index is 0.00000300. The van der Waals surface area contributed by atoms with Crippen molar-refractivity contribution >= 4 is 34.7 Å². The summed E-state index contributed by atoms with van der Waals surface area (Å²) < 4.78 is 27.7. The lowest BCUT2D eigenvalue weighted by Gasteiger charge is -2.38. The zero-order chi connectivity index (χ0) is 20.3. The Morgan fingerprint density at radius 3 is 2.45 bits per heavy atom. The van der Waals surface area contributed by atoms with Gasteiger partial charge in [0.2, 0.25) is 0 Å². The van der Waals surface area contributed by atoms with Gasteiger partial charge in [0.25, 0.3) is 0 Å². The number of nitrogens with zero attached hydrogens (tertiary/aromatic N) is 5. The van der Waals surface area contributed by atoms with Crippen LogP contribution in [0.4, 0.5) is 0 Å². The maximum Gasteiger partial charge on any atom is 0.161 e. The molecular weight excluding hydrogens is 412 g/mol. The van der Waals surface area contributed by atoms with Gasteiger partial charge in [0, 0.05) is 29.9 Å². The van der Waals surface area contributed by atoms with Gasteiger partial charge in [0.05, 0.1) is 29.4 Å². The third kappa shape index (κ3) is 5.32. The molecule has 2 aromatic heterocycles. The molecule has 2 aromatic rings. The van der Waals surface area contributed by atoms with Crippen LogP contribution in [0.2, 0.25) is 0 Å². The molecule has 1 unspecified atom stereocenters. The molecule has 3 rings (SSSR count). The van der Waals surface area contributed by atoms with Gasteiger partial charge < -0.3 is 4.55 Å². The molecule has 0 bridgehead atoms. The Bertz CT molecular complexity index is 814. The third-order valence-corrected chi connectivity index (χ3v) is 6.33. The summed E-state index contributed by atoms with van der Waals surface area (Å²) >= 11 is -2.35. The van der Waals surface area contributed by atoms with Gasteiger partial charge in [-0.1, -0.05) is 19.3 Å².